The van der Waals surface area contributed by atoms with Gasteiger partial charge in [0.05, 0.1) is 12.5 Å². The summed E-state index contributed by atoms with van der Waals surface area (Å²) >= 11 is 0. The van der Waals surface area contributed by atoms with Gasteiger partial charge in [-0.1, -0.05) is 38.5 Å². The lowest BCUT2D eigenvalue weighted by atomic mass is 9.85. The highest BCUT2D eigenvalue weighted by molar-refractivity contribution is 5.72. The first kappa shape index (κ1) is 21.7. The molecule has 1 saturated heterocycles. The number of likely N-dealkylation sites (tertiary alicyclic amines) is 1. The molecule has 1 N–H and O–H groups in total. The van der Waals surface area contributed by atoms with E-state index in [2.05, 4.69) is 38.7 Å². The Bertz CT molecular complexity index is 615. The molecule has 1 atom stereocenters. The highest BCUT2D eigenvalue weighted by atomic mass is 16.5. The maximum absolute atomic E-state index is 11.8. The van der Waals surface area contributed by atoms with Crippen molar-refractivity contribution in [1.82, 2.24) is 4.90 Å². The Morgan fingerprint density at radius 2 is 1.96 bits per heavy atom. The first-order chi connectivity index (χ1) is 12.7. The summed E-state index contributed by atoms with van der Waals surface area (Å²) in [6, 6.07) is 6.19. The van der Waals surface area contributed by atoms with Gasteiger partial charge in [0.2, 0.25) is 0 Å². The van der Waals surface area contributed by atoms with E-state index in [9.17, 15) is 9.90 Å². The standard InChI is InChI=1S/C22H35NO4/c1-6-26-21(25)17-9-11-23(12-10-17)14-18(24)15-27-20-8-7-16(2)13-19(20)22(3,4)5/h7-8,13,17-18,24H,6,9-12,14-15H2,1-5H3. The molecule has 1 aromatic carbocycles. The fraction of sp³-hybridized carbons (Fsp3) is 0.682. The highest BCUT2D eigenvalue weighted by Gasteiger charge is 2.27. The van der Waals surface area contributed by atoms with Crippen molar-refractivity contribution in [2.75, 3.05) is 32.8 Å². The summed E-state index contributed by atoms with van der Waals surface area (Å²) < 4.78 is 11.1. The molecular weight excluding hydrogens is 342 g/mol. The minimum absolute atomic E-state index is 0.00325. The maximum Gasteiger partial charge on any atom is 0.309 e. The van der Waals surface area contributed by atoms with Gasteiger partial charge in [0.1, 0.15) is 18.5 Å². The maximum atomic E-state index is 11.8. The first-order valence-corrected chi connectivity index (χ1v) is 10.0. The molecule has 0 aliphatic carbocycles. The number of aliphatic hydroxyl groups is 1. The second kappa shape index (κ2) is 9.56. The van der Waals surface area contributed by atoms with Crippen LogP contribution in [0.3, 0.4) is 0 Å². The summed E-state index contributed by atoms with van der Waals surface area (Å²) in [5.74, 6) is 0.750. The minimum Gasteiger partial charge on any atom is -0.491 e. The largest absolute Gasteiger partial charge is 0.491 e. The summed E-state index contributed by atoms with van der Waals surface area (Å²) in [5, 5.41) is 10.4. The number of ether oxygens (including phenoxy) is 2. The number of rotatable bonds is 7. The summed E-state index contributed by atoms with van der Waals surface area (Å²) in [6.45, 7) is 13.3. The molecular formula is C22H35NO4. The number of esters is 1. The van der Waals surface area contributed by atoms with E-state index in [1.807, 2.05) is 19.1 Å². The molecule has 2 rings (SSSR count). The number of aryl methyl sites for hydroxylation is 1. The molecule has 1 heterocycles. The van der Waals surface area contributed by atoms with E-state index in [0.717, 1.165) is 37.2 Å². The van der Waals surface area contributed by atoms with Crippen molar-refractivity contribution in [3.63, 3.8) is 0 Å². The predicted molar refractivity (Wildman–Crippen MR) is 107 cm³/mol. The SMILES string of the molecule is CCOC(=O)C1CCN(CC(O)COc2ccc(C)cc2C(C)(C)C)CC1. The van der Waals surface area contributed by atoms with Crippen LogP contribution in [0, 0.1) is 12.8 Å². The normalized spacial score (nSPS) is 17.6. The van der Waals surface area contributed by atoms with Gasteiger partial charge < -0.3 is 19.5 Å². The molecule has 1 unspecified atom stereocenters. The van der Waals surface area contributed by atoms with E-state index in [4.69, 9.17) is 9.47 Å². The van der Waals surface area contributed by atoms with Gasteiger partial charge in [-0.15, -0.1) is 0 Å². The molecule has 1 fully saturated rings. The molecule has 5 heteroatoms. The summed E-state index contributed by atoms with van der Waals surface area (Å²) in [4.78, 5) is 14.0. The van der Waals surface area contributed by atoms with Crippen LogP contribution >= 0.6 is 0 Å². The topological polar surface area (TPSA) is 59.0 Å². The van der Waals surface area contributed by atoms with Crippen LogP contribution in [0.4, 0.5) is 0 Å². The molecule has 0 amide bonds. The average molecular weight is 378 g/mol. The van der Waals surface area contributed by atoms with E-state index < -0.39 is 6.10 Å². The number of carbonyl (C=O) groups is 1. The van der Waals surface area contributed by atoms with Crippen molar-refractivity contribution in [2.24, 2.45) is 5.92 Å². The van der Waals surface area contributed by atoms with Gasteiger partial charge in [0.15, 0.2) is 0 Å². The fourth-order valence-electron chi connectivity index (χ4n) is 3.50. The lowest BCUT2D eigenvalue weighted by Crippen LogP contribution is -2.42. The third kappa shape index (κ3) is 6.51. The van der Waals surface area contributed by atoms with Crippen LogP contribution in [-0.4, -0.2) is 54.9 Å². The van der Waals surface area contributed by atoms with Crippen LogP contribution in [0.1, 0.15) is 51.7 Å². The number of hydrogen-bond acceptors (Lipinski definition) is 5. The first-order valence-electron chi connectivity index (χ1n) is 10.0. The van der Waals surface area contributed by atoms with Crippen LogP contribution in [0.2, 0.25) is 0 Å². The average Bonchev–Trinajstić information content (AvgIpc) is 2.60. The Morgan fingerprint density at radius 1 is 1.30 bits per heavy atom. The van der Waals surface area contributed by atoms with Gasteiger partial charge in [-0.3, -0.25) is 4.79 Å². The molecule has 1 aliphatic rings. The molecule has 0 bridgehead atoms. The van der Waals surface area contributed by atoms with Gasteiger partial charge in [-0.2, -0.15) is 0 Å². The van der Waals surface area contributed by atoms with Crippen molar-refractivity contribution in [3.05, 3.63) is 29.3 Å². The lowest BCUT2D eigenvalue weighted by Gasteiger charge is -2.32. The van der Waals surface area contributed by atoms with Crippen molar-refractivity contribution in [1.29, 1.82) is 0 Å². The second-order valence-electron chi connectivity index (χ2n) is 8.54. The molecule has 1 aromatic rings. The van der Waals surface area contributed by atoms with E-state index in [0.29, 0.717) is 13.2 Å². The number of aliphatic hydroxyl groups excluding tert-OH is 1. The van der Waals surface area contributed by atoms with Gasteiger partial charge in [0, 0.05) is 6.54 Å². The monoisotopic (exact) mass is 377 g/mol. The lowest BCUT2D eigenvalue weighted by molar-refractivity contribution is -0.149. The van der Waals surface area contributed by atoms with E-state index in [-0.39, 0.29) is 23.9 Å². The number of piperidine rings is 1. The third-order valence-electron chi connectivity index (χ3n) is 5.05. The van der Waals surface area contributed by atoms with Gasteiger partial charge in [-0.25, -0.2) is 0 Å². The Balaban J connectivity index is 1.82. The second-order valence-corrected chi connectivity index (χ2v) is 8.54. The highest BCUT2D eigenvalue weighted by Crippen LogP contribution is 2.32. The Hall–Kier alpha value is -1.59. The zero-order valence-corrected chi connectivity index (χ0v) is 17.5. The Labute approximate surface area is 163 Å². The van der Waals surface area contributed by atoms with Crippen LogP contribution in [0.25, 0.3) is 0 Å². The molecule has 5 nitrogen and oxygen atoms in total. The molecule has 0 radical (unpaired) electrons. The third-order valence-corrected chi connectivity index (χ3v) is 5.05. The van der Waals surface area contributed by atoms with E-state index >= 15 is 0 Å². The molecule has 0 saturated carbocycles. The predicted octanol–water partition coefficient (Wildman–Crippen LogP) is 3.31. The number of hydrogen-bond donors (Lipinski definition) is 1. The van der Waals surface area contributed by atoms with Gasteiger partial charge in [-0.05, 0) is 56.8 Å². The Morgan fingerprint density at radius 3 is 2.56 bits per heavy atom. The summed E-state index contributed by atoms with van der Waals surface area (Å²) in [7, 11) is 0. The fourth-order valence-corrected chi connectivity index (χ4v) is 3.50. The summed E-state index contributed by atoms with van der Waals surface area (Å²) in [5.41, 5.74) is 2.35. The molecule has 27 heavy (non-hydrogen) atoms. The number of nitrogens with zero attached hydrogens (tertiary/aromatic N) is 1. The minimum atomic E-state index is -0.557. The number of β-amino-alcohol motifs (C(OH)–C–C–N with tert-alkyl or cyclic N) is 1. The molecule has 0 aromatic heterocycles. The Kier molecular flexibility index (Phi) is 7.68. The van der Waals surface area contributed by atoms with Gasteiger partial charge in [0.25, 0.3) is 0 Å². The van der Waals surface area contributed by atoms with Gasteiger partial charge >= 0.3 is 5.97 Å². The number of carbonyl (C=O) groups excluding carboxylic acids is 1. The van der Waals surface area contributed by atoms with Crippen molar-refractivity contribution >= 4 is 5.97 Å². The van der Waals surface area contributed by atoms with E-state index in [1.54, 1.807) is 0 Å². The van der Waals surface area contributed by atoms with Crippen LogP contribution < -0.4 is 4.74 Å². The molecule has 0 spiro atoms. The number of benzene rings is 1. The summed E-state index contributed by atoms with van der Waals surface area (Å²) in [6.07, 6.45) is 1.02. The molecule has 152 valence electrons. The van der Waals surface area contributed by atoms with Crippen LogP contribution in [0.5, 0.6) is 5.75 Å². The van der Waals surface area contributed by atoms with Crippen molar-refractivity contribution < 1.29 is 19.4 Å². The zero-order chi connectivity index (χ0) is 20.0. The van der Waals surface area contributed by atoms with E-state index in [1.165, 1.54) is 5.56 Å². The van der Waals surface area contributed by atoms with Crippen LogP contribution in [0.15, 0.2) is 18.2 Å². The van der Waals surface area contributed by atoms with Crippen LogP contribution in [-0.2, 0) is 14.9 Å². The molecule has 1 aliphatic heterocycles. The van der Waals surface area contributed by atoms with Crippen molar-refractivity contribution in [3.8, 4) is 5.75 Å². The quantitative estimate of drug-likeness (QED) is 0.739. The van der Waals surface area contributed by atoms with Crippen molar-refractivity contribution in [2.45, 2.75) is 59.0 Å². The smallest absolute Gasteiger partial charge is 0.309 e. The zero-order valence-electron chi connectivity index (χ0n) is 17.5.